The highest BCUT2D eigenvalue weighted by Crippen LogP contribution is 2.16. The summed E-state index contributed by atoms with van der Waals surface area (Å²) in [5.74, 6) is 0. The first kappa shape index (κ1) is 12.4. The Balaban J connectivity index is 3.78. The van der Waals surface area contributed by atoms with E-state index in [1.807, 2.05) is 0 Å². The third-order valence-electron chi connectivity index (χ3n) is 2.36. The monoisotopic (exact) mass is 181 g/mol. The minimum atomic E-state index is 0.819. The van der Waals surface area contributed by atoms with E-state index in [0.29, 0.717) is 0 Å². The third kappa shape index (κ3) is 6.59. The number of hydrogen-bond acceptors (Lipinski definition) is 1. The zero-order chi connectivity index (χ0) is 10.1. The van der Waals surface area contributed by atoms with Crippen LogP contribution in [0.15, 0.2) is 23.3 Å². The predicted molar refractivity (Wildman–Crippen MR) is 60.7 cm³/mol. The molecule has 0 saturated carbocycles. The molecule has 0 aliphatic heterocycles. The molecule has 0 rings (SSSR count). The van der Waals surface area contributed by atoms with Crippen LogP contribution >= 0.6 is 0 Å². The summed E-state index contributed by atoms with van der Waals surface area (Å²) < 4.78 is 0. The standard InChI is InChI=1S/C12H23N/c1-4-11(3)10-12(5-2)8-6-7-9-13/h4-5H,6-10,13H2,1-3H3/b11-4-,12-5-. The summed E-state index contributed by atoms with van der Waals surface area (Å²) in [6.45, 7) is 7.23. The highest BCUT2D eigenvalue weighted by atomic mass is 14.5. The molecule has 0 aliphatic carbocycles. The van der Waals surface area contributed by atoms with Crippen LogP contribution in [0.1, 0.15) is 46.5 Å². The molecule has 2 N–H and O–H groups in total. The number of allylic oxidation sites excluding steroid dienone is 4. The molecule has 0 aliphatic rings. The topological polar surface area (TPSA) is 26.0 Å². The second-order valence-corrected chi connectivity index (χ2v) is 3.50. The molecule has 0 heterocycles. The molecule has 0 radical (unpaired) electrons. The molecule has 0 unspecified atom stereocenters. The normalized spacial score (nSPS) is 13.5. The Morgan fingerprint density at radius 3 is 2.31 bits per heavy atom. The lowest BCUT2D eigenvalue weighted by molar-refractivity contribution is 0.727. The first-order valence-corrected chi connectivity index (χ1v) is 5.20. The number of unbranched alkanes of at least 4 members (excludes halogenated alkanes) is 1. The highest BCUT2D eigenvalue weighted by molar-refractivity contribution is 5.12. The van der Waals surface area contributed by atoms with Crippen molar-refractivity contribution in [1.82, 2.24) is 0 Å². The fourth-order valence-corrected chi connectivity index (χ4v) is 1.29. The molecule has 0 aromatic heterocycles. The summed E-state index contributed by atoms with van der Waals surface area (Å²) >= 11 is 0. The molecule has 76 valence electrons. The molecule has 0 saturated heterocycles. The molecule has 0 bridgehead atoms. The molecule has 0 fully saturated rings. The first-order chi connectivity index (χ1) is 6.24. The molecular formula is C12H23N. The van der Waals surface area contributed by atoms with Crippen molar-refractivity contribution in [3.8, 4) is 0 Å². The van der Waals surface area contributed by atoms with Gasteiger partial charge in [-0.2, -0.15) is 0 Å². The Kier molecular flexibility index (Phi) is 7.71. The molecule has 0 aromatic carbocycles. The van der Waals surface area contributed by atoms with E-state index in [4.69, 9.17) is 5.73 Å². The number of hydrogen-bond donors (Lipinski definition) is 1. The van der Waals surface area contributed by atoms with Crippen molar-refractivity contribution in [2.24, 2.45) is 5.73 Å². The molecule has 1 nitrogen and oxygen atoms in total. The van der Waals surface area contributed by atoms with Gasteiger partial charge in [-0.25, -0.2) is 0 Å². The lowest BCUT2D eigenvalue weighted by atomic mass is 10.0. The molecule has 0 spiro atoms. The molecule has 0 atom stereocenters. The van der Waals surface area contributed by atoms with Crippen molar-refractivity contribution in [2.45, 2.75) is 46.5 Å². The SMILES string of the molecule is C/C=C(/C)C/C(=C\C)CCCCN. The smallest absolute Gasteiger partial charge is 0.00772 e. The zero-order valence-electron chi connectivity index (χ0n) is 9.27. The van der Waals surface area contributed by atoms with Gasteiger partial charge in [0, 0.05) is 0 Å². The van der Waals surface area contributed by atoms with E-state index >= 15 is 0 Å². The first-order valence-electron chi connectivity index (χ1n) is 5.20. The predicted octanol–water partition coefficient (Wildman–Crippen LogP) is 3.42. The highest BCUT2D eigenvalue weighted by Gasteiger charge is 1.97. The minimum Gasteiger partial charge on any atom is -0.330 e. The van der Waals surface area contributed by atoms with Crippen molar-refractivity contribution in [2.75, 3.05) is 6.54 Å². The van der Waals surface area contributed by atoms with Crippen LogP contribution < -0.4 is 5.73 Å². The quantitative estimate of drug-likeness (QED) is 0.493. The van der Waals surface area contributed by atoms with Gasteiger partial charge in [-0.15, -0.1) is 0 Å². The molecule has 1 heteroatoms. The van der Waals surface area contributed by atoms with Crippen molar-refractivity contribution in [1.29, 1.82) is 0 Å². The van der Waals surface area contributed by atoms with E-state index in [1.165, 1.54) is 18.4 Å². The second kappa shape index (κ2) is 8.06. The summed E-state index contributed by atoms with van der Waals surface area (Å²) in [5.41, 5.74) is 8.46. The summed E-state index contributed by atoms with van der Waals surface area (Å²) in [6.07, 6.45) is 9.14. The zero-order valence-corrected chi connectivity index (χ0v) is 9.27. The average molecular weight is 181 g/mol. The Labute approximate surface area is 82.7 Å². The molecule has 13 heavy (non-hydrogen) atoms. The Bertz CT molecular complexity index is 178. The lowest BCUT2D eigenvalue weighted by Gasteiger charge is -2.06. The van der Waals surface area contributed by atoms with Crippen molar-refractivity contribution >= 4 is 0 Å². The number of nitrogens with two attached hydrogens (primary N) is 1. The van der Waals surface area contributed by atoms with Gasteiger partial charge in [-0.1, -0.05) is 23.3 Å². The fraction of sp³-hybridized carbons (Fsp3) is 0.667. The van der Waals surface area contributed by atoms with Crippen LogP contribution in [-0.4, -0.2) is 6.54 Å². The van der Waals surface area contributed by atoms with Crippen molar-refractivity contribution < 1.29 is 0 Å². The summed E-state index contributed by atoms with van der Waals surface area (Å²) in [6, 6.07) is 0. The van der Waals surface area contributed by atoms with E-state index in [-0.39, 0.29) is 0 Å². The van der Waals surface area contributed by atoms with Gasteiger partial charge in [-0.05, 0) is 53.0 Å². The molecule has 0 aromatic rings. The average Bonchev–Trinajstić information content (AvgIpc) is 2.16. The van der Waals surface area contributed by atoms with E-state index in [2.05, 4.69) is 32.9 Å². The van der Waals surface area contributed by atoms with E-state index in [9.17, 15) is 0 Å². The maximum absolute atomic E-state index is 5.45. The summed E-state index contributed by atoms with van der Waals surface area (Å²) in [5, 5.41) is 0. The van der Waals surface area contributed by atoms with Gasteiger partial charge < -0.3 is 5.73 Å². The van der Waals surface area contributed by atoms with Crippen LogP contribution in [0.5, 0.6) is 0 Å². The van der Waals surface area contributed by atoms with Crippen LogP contribution in [0.4, 0.5) is 0 Å². The van der Waals surface area contributed by atoms with Gasteiger partial charge in [-0.3, -0.25) is 0 Å². The van der Waals surface area contributed by atoms with Crippen LogP contribution in [0.3, 0.4) is 0 Å². The maximum atomic E-state index is 5.45. The Hall–Kier alpha value is -0.560. The van der Waals surface area contributed by atoms with Crippen LogP contribution in [-0.2, 0) is 0 Å². The van der Waals surface area contributed by atoms with E-state index < -0.39 is 0 Å². The largest absolute Gasteiger partial charge is 0.330 e. The summed E-state index contributed by atoms with van der Waals surface area (Å²) in [7, 11) is 0. The van der Waals surface area contributed by atoms with E-state index in [0.717, 1.165) is 19.4 Å². The van der Waals surface area contributed by atoms with Gasteiger partial charge in [0.05, 0.1) is 0 Å². The van der Waals surface area contributed by atoms with E-state index in [1.54, 1.807) is 5.57 Å². The van der Waals surface area contributed by atoms with Gasteiger partial charge in [0.1, 0.15) is 0 Å². The van der Waals surface area contributed by atoms with Gasteiger partial charge in [0.25, 0.3) is 0 Å². The van der Waals surface area contributed by atoms with Gasteiger partial charge in [0.2, 0.25) is 0 Å². The fourth-order valence-electron chi connectivity index (χ4n) is 1.29. The maximum Gasteiger partial charge on any atom is -0.00772 e. The van der Waals surface area contributed by atoms with Gasteiger partial charge >= 0.3 is 0 Å². The van der Waals surface area contributed by atoms with Crippen molar-refractivity contribution in [3.63, 3.8) is 0 Å². The van der Waals surface area contributed by atoms with Crippen LogP contribution in [0.2, 0.25) is 0 Å². The number of rotatable bonds is 6. The second-order valence-electron chi connectivity index (χ2n) is 3.50. The van der Waals surface area contributed by atoms with Gasteiger partial charge in [0.15, 0.2) is 0 Å². The minimum absolute atomic E-state index is 0.819. The molecular weight excluding hydrogens is 158 g/mol. The van der Waals surface area contributed by atoms with Crippen LogP contribution in [0, 0.1) is 0 Å². The molecule has 0 amide bonds. The van der Waals surface area contributed by atoms with Crippen molar-refractivity contribution in [3.05, 3.63) is 23.3 Å². The Morgan fingerprint density at radius 2 is 1.85 bits per heavy atom. The third-order valence-corrected chi connectivity index (χ3v) is 2.36. The lowest BCUT2D eigenvalue weighted by Crippen LogP contribution is -1.98. The Morgan fingerprint density at radius 1 is 1.15 bits per heavy atom. The summed E-state index contributed by atoms with van der Waals surface area (Å²) in [4.78, 5) is 0. The van der Waals surface area contributed by atoms with Crippen LogP contribution in [0.25, 0.3) is 0 Å².